The normalized spacial score (nSPS) is 10.7. The molecule has 2 aromatic carbocycles. The zero-order valence-corrected chi connectivity index (χ0v) is 19.2. The number of aryl methyl sites for hydroxylation is 1. The number of anilines is 1. The van der Waals surface area contributed by atoms with Crippen LogP contribution < -0.4 is 4.90 Å². The van der Waals surface area contributed by atoms with Crippen molar-refractivity contribution in [3.63, 3.8) is 0 Å². The van der Waals surface area contributed by atoms with Gasteiger partial charge in [-0.25, -0.2) is 9.78 Å². The fourth-order valence-electron chi connectivity index (χ4n) is 2.90. The fourth-order valence-corrected chi connectivity index (χ4v) is 3.95. The zero-order chi connectivity index (χ0) is 21.0. The summed E-state index contributed by atoms with van der Waals surface area (Å²) in [5.41, 5.74) is 3.06. The van der Waals surface area contributed by atoms with Gasteiger partial charge in [-0.2, -0.15) is 0 Å². The average molecular weight is 448 g/mol. The quantitative estimate of drug-likeness (QED) is 0.506. The van der Waals surface area contributed by atoms with E-state index in [9.17, 15) is 9.59 Å². The van der Waals surface area contributed by atoms with E-state index in [1.54, 1.807) is 29.2 Å². The molecule has 160 valence electrons. The highest BCUT2D eigenvalue weighted by atomic mass is 35.5. The lowest BCUT2D eigenvalue weighted by atomic mass is 10.1. The lowest BCUT2D eigenvalue weighted by Gasteiger charge is -2.22. The van der Waals surface area contributed by atoms with E-state index < -0.39 is 5.97 Å². The van der Waals surface area contributed by atoms with Crippen molar-refractivity contribution >= 4 is 51.0 Å². The molecule has 30 heavy (non-hydrogen) atoms. The Bertz CT molecular complexity index is 1020. The number of fused-ring (bicyclic) bond motifs is 1. The Kier molecular flexibility index (Phi) is 8.34. The number of methoxy groups -OCH3 is 1. The van der Waals surface area contributed by atoms with Crippen LogP contribution in [0.4, 0.5) is 5.13 Å². The number of hydrogen-bond acceptors (Lipinski definition) is 6. The van der Waals surface area contributed by atoms with Crippen molar-refractivity contribution in [1.29, 1.82) is 0 Å². The molecule has 0 aliphatic carbocycles. The first-order chi connectivity index (χ1) is 13.9. The van der Waals surface area contributed by atoms with Crippen LogP contribution in [-0.2, 0) is 11.2 Å². The van der Waals surface area contributed by atoms with Crippen molar-refractivity contribution in [3.8, 4) is 0 Å². The number of amides is 1. The second-order valence-corrected chi connectivity index (χ2v) is 7.99. The van der Waals surface area contributed by atoms with Crippen molar-refractivity contribution in [3.05, 3.63) is 59.2 Å². The molecule has 0 bridgehead atoms. The Morgan fingerprint density at radius 3 is 2.30 bits per heavy atom. The summed E-state index contributed by atoms with van der Waals surface area (Å²) >= 11 is 1.52. The summed E-state index contributed by atoms with van der Waals surface area (Å²) in [4.78, 5) is 33.4. The second-order valence-electron chi connectivity index (χ2n) is 6.98. The largest absolute Gasteiger partial charge is 0.465 e. The number of likely N-dealkylation sites (N-methyl/N-ethyl adjacent to an activating group) is 1. The van der Waals surface area contributed by atoms with E-state index in [0.717, 1.165) is 16.6 Å². The SMILES string of the molecule is CCc1ccc2nc(N(CCN(C)C)C(=O)c3ccc(C(=O)OC)cc3)sc2c1.Cl. The average Bonchev–Trinajstić information content (AvgIpc) is 3.15. The first kappa shape index (κ1) is 23.8. The molecule has 0 fully saturated rings. The molecule has 8 heteroatoms. The van der Waals surface area contributed by atoms with Gasteiger partial charge in [0.15, 0.2) is 5.13 Å². The maximum absolute atomic E-state index is 13.3. The van der Waals surface area contributed by atoms with Gasteiger partial charge in [-0.15, -0.1) is 12.4 Å². The molecular weight excluding hydrogens is 422 g/mol. The third kappa shape index (κ3) is 5.36. The van der Waals surface area contributed by atoms with E-state index in [1.165, 1.54) is 24.0 Å². The van der Waals surface area contributed by atoms with E-state index >= 15 is 0 Å². The molecule has 1 amide bonds. The number of halogens is 1. The number of carbonyl (C=O) groups is 2. The molecule has 0 saturated carbocycles. The molecule has 0 atom stereocenters. The lowest BCUT2D eigenvalue weighted by Crippen LogP contribution is -2.36. The third-order valence-electron chi connectivity index (χ3n) is 4.65. The molecule has 0 N–H and O–H groups in total. The predicted octanol–water partition coefficient (Wildman–Crippen LogP) is 4.28. The van der Waals surface area contributed by atoms with Crippen molar-refractivity contribution in [2.45, 2.75) is 13.3 Å². The minimum absolute atomic E-state index is 0. The first-order valence-corrected chi connectivity index (χ1v) is 10.3. The van der Waals surface area contributed by atoms with Crippen LogP contribution in [0.5, 0.6) is 0 Å². The number of benzene rings is 2. The summed E-state index contributed by atoms with van der Waals surface area (Å²) < 4.78 is 5.79. The molecule has 3 aromatic rings. The van der Waals surface area contributed by atoms with E-state index in [2.05, 4.69) is 19.1 Å². The van der Waals surface area contributed by atoms with Gasteiger partial charge in [-0.3, -0.25) is 9.69 Å². The molecule has 6 nitrogen and oxygen atoms in total. The highest BCUT2D eigenvalue weighted by Crippen LogP contribution is 2.30. The van der Waals surface area contributed by atoms with Gasteiger partial charge in [0.05, 0.1) is 22.9 Å². The Labute approximate surface area is 186 Å². The van der Waals surface area contributed by atoms with Crippen LogP contribution in [0.2, 0.25) is 0 Å². The van der Waals surface area contributed by atoms with E-state index in [0.29, 0.717) is 29.3 Å². The maximum atomic E-state index is 13.3. The van der Waals surface area contributed by atoms with Crippen LogP contribution in [0.1, 0.15) is 33.2 Å². The first-order valence-electron chi connectivity index (χ1n) is 9.47. The Morgan fingerprint density at radius 2 is 1.70 bits per heavy atom. The number of thiazole rings is 1. The number of carbonyl (C=O) groups excluding carboxylic acids is 2. The third-order valence-corrected chi connectivity index (χ3v) is 5.69. The van der Waals surface area contributed by atoms with Crippen LogP contribution in [0.3, 0.4) is 0 Å². The van der Waals surface area contributed by atoms with Crippen LogP contribution in [0, 0.1) is 0 Å². The molecule has 0 aliphatic heterocycles. The number of ether oxygens (including phenoxy) is 1. The van der Waals surface area contributed by atoms with Gasteiger partial charge in [-0.05, 0) is 62.5 Å². The number of hydrogen-bond donors (Lipinski definition) is 0. The Balaban J connectivity index is 0.00000320. The molecule has 0 radical (unpaired) electrons. The van der Waals surface area contributed by atoms with Crippen molar-refractivity contribution in [2.75, 3.05) is 39.2 Å². The van der Waals surface area contributed by atoms with Crippen LogP contribution in [0.25, 0.3) is 10.2 Å². The molecule has 1 heterocycles. The summed E-state index contributed by atoms with van der Waals surface area (Å²) in [7, 11) is 5.28. The summed E-state index contributed by atoms with van der Waals surface area (Å²) in [6, 6.07) is 12.7. The van der Waals surface area contributed by atoms with Gasteiger partial charge in [0, 0.05) is 18.7 Å². The van der Waals surface area contributed by atoms with Gasteiger partial charge >= 0.3 is 5.97 Å². The second kappa shape index (κ2) is 10.5. The zero-order valence-electron chi connectivity index (χ0n) is 17.5. The van der Waals surface area contributed by atoms with Crippen LogP contribution in [0.15, 0.2) is 42.5 Å². The highest BCUT2D eigenvalue weighted by molar-refractivity contribution is 7.22. The van der Waals surface area contributed by atoms with Crippen LogP contribution >= 0.6 is 23.7 Å². The molecule has 1 aromatic heterocycles. The standard InChI is InChI=1S/C22H25N3O3S.ClH/c1-5-15-6-11-18-19(14-15)29-22(23-18)25(13-12-24(2)3)20(26)16-7-9-17(10-8-16)21(27)28-4;/h6-11,14H,5,12-13H2,1-4H3;1H. The molecule has 0 spiro atoms. The minimum Gasteiger partial charge on any atom is -0.465 e. The van der Waals surface area contributed by atoms with Gasteiger partial charge in [0.25, 0.3) is 5.91 Å². The predicted molar refractivity (Wildman–Crippen MR) is 124 cm³/mol. The van der Waals surface area contributed by atoms with E-state index in [1.807, 2.05) is 25.1 Å². The molecule has 0 unspecified atom stereocenters. The van der Waals surface area contributed by atoms with Crippen molar-refractivity contribution < 1.29 is 14.3 Å². The summed E-state index contributed by atoms with van der Waals surface area (Å²) in [5.74, 6) is -0.565. The number of esters is 1. The van der Waals surface area contributed by atoms with E-state index in [-0.39, 0.29) is 18.3 Å². The summed E-state index contributed by atoms with van der Waals surface area (Å²) in [5, 5.41) is 0.678. The number of aromatic nitrogens is 1. The fraction of sp³-hybridized carbons (Fsp3) is 0.318. The summed E-state index contributed by atoms with van der Waals surface area (Å²) in [6.07, 6.45) is 0.957. The van der Waals surface area contributed by atoms with Crippen LogP contribution in [-0.4, -0.2) is 56.1 Å². The summed E-state index contributed by atoms with van der Waals surface area (Å²) in [6.45, 7) is 3.35. The molecule has 0 saturated heterocycles. The van der Waals surface area contributed by atoms with E-state index in [4.69, 9.17) is 9.72 Å². The van der Waals surface area contributed by atoms with Crippen molar-refractivity contribution in [2.24, 2.45) is 0 Å². The topological polar surface area (TPSA) is 62.7 Å². The van der Waals surface area contributed by atoms with Gasteiger partial charge in [0.2, 0.25) is 0 Å². The maximum Gasteiger partial charge on any atom is 0.337 e. The monoisotopic (exact) mass is 447 g/mol. The lowest BCUT2D eigenvalue weighted by molar-refractivity contribution is 0.0600. The molecular formula is C22H26ClN3O3S. The van der Waals surface area contributed by atoms with Gasteiger partial charge in [-0.1, -0.05) is 24.3 Å². The molecule has 3 rings (SSSR count). The minimum atomic E-state index is -0.425. The van der Waals surface area contributed by atoms with Crippen molar-refractivity contribution in [1.82, 2.24) is 9.88 Å². The molecule has 0 aliphatic rings. The van der Waals surface area contributed by atoms with Gasteiger partial charge < -0.3 is 9.64 Å². The Morgan fingerprint density at radius 1 is 1.03 bits per heavy atom. The Hall–Kier alpha value is -2.48. The van der Waals surface area contributed by atoms with Gasteiger partial charge in [0.1, 0.15) is 0 Å². The number of rotatable bonds is 7. The smallest absolute Gasteiger partial charge is 0.337 e. The highest BCUT2D eigenvalue weighted by Gasteiger charge is 2.22. The number of nitrogens with zero attached hydrogens (tertiary/aromatic N) is 3.